The number of carbonyl (C=O) groups is 1. The number of benzene rings is 2. The van der Waals surface area contributed by atoms with E-state index in [1.807, 2.05) is 24.3 Å². The average molecular weight is 599 g/mol. The van der Waals surface area contributed by atoms with E-state index in [0.717, 1.165) is 72.3 Å². The molecule has 5 rings (SSSR count). The number of thiophene rings is 1. The van der Waals surface area contributed by atoms with E-state index >= 15 is 0 Å². The number of amides is 1. The minimum atomic E-state index is -0.646. The van der Waals surface area contributed by atoms with Gasteiger partial charge < -0.3 is 21.1 Å². The van der Waals surface area contributed by atoms with Crippen LogP contribution in [0.5, 0.6) is 5.75 Å². The lowest BCUT2D eigenvalue weighted by Gasteiger charge is -2.34. The molecule has 0 radical (unpaired) electrons. The van der Waals surface area contributed by atoms with Crippen molar-refractivity contribution in [1.82, 2.24) is 9.88 Å². The lowest BCUT2D eigenvalue weighted by Crippen LogP contribution is -2.40. The number of halogens is 3. The van der Waals surface area contributed by atoms with Crippen molar-refractivity contribution < 1.29 is 18.3 Å². The van der Waals surface area contributed by atoms with Crippen LogP contribution in [-0.4, -0.2) is 36.0 Å². The first-order valence-corrected chi connectivity index (χ1v) is 14.2. The highest BCUT2D eigenvalue weighted by Gasteiger charge is 2.31. The average Bonchev–Trinajstić information content (AvgIpc) is 3.38. The van der Waals surface area contributed by atoms with E-state index in [0.29, 0.717) is 11.6 Å². The molecule has 0 atom stereocenters. The Morgan fingerprint density at radius 3 is 2.34 bits per heavy atom. The third-order valence-electron chi connectivity index (χ3n) is 6.89. The van der Waals surface area contributed by atoms with E-state index in [1.165, 1.54) is 7.05 Å². The van der Waals surface area contributed by atoms with Crippen LogP contribution in [-0.2, 0) is 6.54 Å². The smallest absolute Gasteiger partial charge is 0.266 e. The predicted molar refractivity (Wildman–Crippen MR) is 164 cm³/mol. The normalized spacial score (nSPS) is 13.0. The van der Waals surface area contributed by atoms with Gasteiger partial charge in [0.15, 0.2) is 0 Å². The van der Waals surface area contributed by atoms with Crippen molar-refractivity contribution in [1.29, 1.82) is 0 Å². The van der Waals surface area contributed by atoms with Crippen LogP contribution in [0, 0.1) is 24.5 Å². The number of nitrogens with zero attached hydrogens (tertiary/aromatic N) is 2. The zero-order valence-electron chi connectivity index (χ0n) is 23.0. The van der Waals surface area contributed by atoms with E-state index in [4.69, 9.17) is 22.1 Å². The highest BCUT2D eigenvalue weighted by molar-refractivity contribution is 7.21. The molecule has 0 spiro atoms. The lowest BCUT2D eigenvalue weighted by atomic mass is 9.93. The second-order valence-electron chi connectivity index (χ2n) is 9.20. The Bertz CT molecular complexity index is 1500. The van der Waals surface area contributed by atoms with Gasteiger partial charge in [0.25, 0.3) is 5.91 Å². The maximum absolute atomic E-state index is 14.5. The zero-order chi connectivity index (χ0) is 30.1. The van der Waals surface area contributed by atoms with Gasteiger partial charge >= 0.3 is 0 Å². The predicted octanol–water partition coefficient (Wildman–Crippen LogP) is 7.29. The van der Waals surface area contributed by atoms with Crippen LogP contribution in [0.25, 0.3) is 21.2 Å². The number of nitrogen functional groups attached to an aromatic ring is 1. The van der Waals surface area contributed by atoms with Gasteiger partial charge in [-0.2, -0.15) is 0 Å². The summed E-state index contributed by atoms with van der Waals surface area (Å²) in [5.41, 5.74) is 12.8. The molecule has 1 fully saturated rings. The molecule has 1 aliphatic rings. The van der Waals surface area contributed by atoms with Gasteiger partial charge in [-0.15, -0.1) is 24.2 Å². The van der Waals surface area contributed by atoms with Gasteiger partial charge in [0.1, 0.15) is 28.1 Å². The molecule has 2 heterocycles. The number of ether oxygens (including phenoxy) is 1. The summed E-state index contributed by atoms with van der Waals surface area (Å²) in [6, 6.07) is 11.5. The molecule has 0 aliphatic heterocycles. The summed E-state index contributed by atoms with van der Waals surface area (Å²) in [7, 11) is 3.09. The fourth-order valence-electron chi connectivity index (χ4n) is 4.97. The molecule has 0 saturated heterocycles. The highest BCUT2D eigenvalue weighted by atomic mass is 35.5. The van der Waals surface area contributed by atoms with Crippen LogP contribution in [0.2, 0.25) is 5.02 Å². The van der Waals surface area contributed by atoms with Crippen molar-refractivity contribution >= 4 is 44.7 Å². The summed E-state index contributed by atoms with van der Waals surface area (Å²) in [5, 5.41) is -0.0921. The standard InChI is InChI=1S/C28H26ClF2N3O2S.C2H2.CH5N/c1-36-22-11-7-16(17-8-12-23(32)33-14-17)13-18(22)15-34(19-5-3-2-4-6-19)28(35)27-25(29)24-20(30)9-10-21(31)26(24)37-27;2*1-2/h7-14,19H,2-6,15H2,1H3,(H2,32,33);1-2H;2H2,1H3. The van der Waals surface area contributed by atoms with Crippen molar-refractivity contribution in [2.75, 3.05) is 19.9 Å². The van der Waals surface area contributed by atoms with E-state index in [1.54, 1.807) is 24.3 Å². The summed E-state index contributed by atoms with van der Waals surface area (Å²) in [6.07, 6.45) is 14.5. The van der Waals surface area contributed by atoms with Gasteiger partial charge in [-0.3, -0.25) is 4.79 Å². The molecular formula is C31H33ClF2N4O2S. The van der Waals surface area contributed by atoms with Gasteiger partial charge in [0, 0.05) is 29.9 Å². The van der Waals surface area contributed by atoms with Crippen LogP contribution in [0.3, 0.4) is 0 Å². The summed E-state index contributed by atoms with van der Waals surface area (Å²) in [4.78, 5) is 20.1. The molecule has 6 nitrogen and oxygen atoms in total. The first-order chi connectivity index (χ1) is 19.9. The number of hydrogen-bond donors (Lipinski definition) is 2. The molecule has 4 N–H and O–H groups in total. The number of nitrogens with two attached hydrogens (primary N) is 2. The monoisotopic (exact) mass is 598 g/mol. The fourth-order valence-corrected chi connectivity index (χ4v) is 6.47. The minimum Gasteiger partial charge on any atom is -0.496 e. The number of fused-ring (bicyclic) bond motifs is 1. The molecule has 41 heavy (non-hydrogen) atoms. The second kappa shape index (κ2) is 14.8. The van der Waals surface area contributed by atoms with Gasteiger partial charge in [-0.1, -0.05) is 36.9 Å². The highest BCUT2D eigenvalue weighted by Crippen LogP contribution is 2.40. The van der Waals surface area contributed by atoms with Crippen molar-refractivity contribution in [2.24, 2.45) is 5.73 Å². The maximum Gasteiger partial charge on any atom is 0.266 e. The van der Waals surface area contributed by atoms with Crippen LogP contribution in [0.1, 0.15) is 47.3 Å². The summed E-state index contributed by atoms with van der Waals surface area (Å²) in [5.74, 6) is -0.510. The third-order valence-corrected chi connectivity index (χ3v) is 8.57. The largest absolute Gasteiger partial charge is 0.496 e. The van der Waals surface area contributed by atoms with Crippen LogP contribution >= 0.6 is 22.9 Å². The van der Waals surface area contributed by atoms with E-state index in [-0.39, 0.29) is 38.5 Å². The Kier molecular flexibility index (Phi) is 11.5. The summed E-state index contributed by atoms with van der Waals surface area (Å²) >= 11 is 7.40. The van der Waals surface area contributed by atoms with E-state index in [9.17, 15) is 13.6 Å². The van der Waals surface area contributed by atoms with Crippen molar-refractivity contribution in [2.45, 2.75) is 44.7 Å². The molecule has 216 valence electrons. The summed E-state index contributed by atoms with van der Waals surface area (Å²) < 4.78 is 34.7. The van der Waals surface area contributed by atoms with Gasteiger partial charge in [-0.25, -0.2) is 13.8 Å². The zero-order valence-corrected chi connectivity index (χ0v) is 24.6. The van der Waals surface area contributed by atoms with Crippen LogP contribution in [0.4, 0.5) is 14.6 Å². The number of anilines is 1. The molecule has 10 heteroatoms. The number of methoxy groups -OCH3 is 1. The number of aromatic nitrogens is 1. The third kappa shape index (κ3) is 6.96. The Labute approximate surface area is 248 Å². The number of pyridine rings is 1. The molecule has 2 aromatic heterocycles. The van der Waals surface area contributed by atoms with Crippen molar-refractivity contribution in [3.8, 4) is 29.7 Å². The topological polar surface area (TPSA) is 94.5 Å². The van der Waals surface area contributed by atoms with Crippen molar-refractivity contribution in [3.05, 3.63) is 75.8 Å². The molecule has 1 saturated carbocycles. The Balaban J connectivity index is 0.00000111. The Morgan fingerprint density at radius 2 is 1.73 bits per heavy atom. The number of hydrogen-bond acceptors (Lipinski definition) is 6. The van der Waals surface area contributed by atoms with Gasteiger partial charge in [0.2, 0.25) is 0 Å². The van der Waals surface area contributed by atoms with Crippen LogP contribution < -0.4 is 16.2 Å². The SMILES string of the molecule is C#C.CN.COc1ccc(-c2ccc(N)nc2)cc1CN(C(=O)c1sc2c(F)ccc(F)c2c1Cl)C1CCCCC1. The Hall–Kier alpha value is -3.71. The minimum absolute atomic E-state index is 0.0243. The fraction of sp³-hybridized carbons (Fsp3) is 0.290. The van der Waals surface area contributed by atoms with Gasteiger partial charge in [-0.05, 0) is 61.9 Å². The molecule has 0 unspecified atom stereocenters. The molecule has 1 amide bonds. The van der Waals surface area contributed by atoms with Crippen molar-refractivity contribution in [3.63, 3.8) is 0 Å². The number of terminal acetylenes is 1. The Morgan fingerprint density at radius 1 is 1.07 bits per heavy atom. The maximum atomic E-state index is 14.5. The first kappa shape index (κ1) is 31.8. The second-order valence-corrected chi connectivity index (χ2v) is 10.6. The molecular weight excluding hydrogens is 566 g/mol. The van der Waals surface area contributed by atoms with Gasteiger partial charge in [0.05, 0.1) is 22.2 Å². The van der Waals surface area contributed by atoms with E-state index < -0.39 is 11.6 Å². The molecule has 4 aromatic rings. The van der Waals surface area contributed by atoms with E-state index in [2.05, 4.69) is 23.6 Å². The van der Waals surface area contributed by atoms with Crippen LogP contribution in [0.15, 0.2) is 48.7 Å². The lowest BCUT2D eigenvalue weighted by molar-refractivity contribution is 0.0618. The molecule has 1 aliphatic carbocycles. The number of rotatable bonds is 6. The summed E-state index contributed by atoms with van der Waals surface area (Å²) in [6.45, 7) is 0.262. The number of carbonyl (C=O) groups excluding carboxylic acids is 1. The molecule has 2 aromatic carbocycles. The first-order valence-electron chi connectivity index (χ1n) is 13.0. The molecule has 0 bridgehead atoms. The quantitative estimate of drug-likeness (QED) is 0.227.